The van der Waals surface area contributed by atoms with Crippen molar-refractivity contribution in [1.82, 2.24) is 4.90 Å². The molecule has 0 aliphatic carbocycles. The third-order valence-corrected chi connectivity index (χ3v) is 3.11. The van der Waals surface area contributed by atoms with Crippen LogP contribution in [0, 0.1) is 17.6 Å². The summed E-state index contributed by atoms with van der Waals surface area (Å²) in [6.07, 6.45) is 1.07. The molecule has 0 saturated carbocycles. The molecule has 1 fully saturated rings. The fraction of sp³-hybridized carbons (Fsp3) is 0.462. The van der Waals surface area contributed by atoms with Crippen LogP contribution in [0.2, 0.25) is 0 Å². The van der Waals surface area contributed by atoms with Crippen molar-refractivity contribution in [1.29, 1.82) is 0 Å². The molecular weight excluding hydrogens is 224 g/mol. The molecule has 0 radical (unpaired) electrons. The number of halogens is 2. The number of benzene rings is 1. The minimum absolute atomic E-state index is 0.0223. The van der Waals surface area contributed by atoms with Crippen molar-refractivity contribution >= 4 is 5.78 Å². The summed E-state index contributed by atoms with van der Waals surface area (Å²) in [7, 11) is 0. The predicted molar refractivity (Wildman–Crippen MR) is 60.9 cm³/mol. The number of carbonyl (C=O) groups excluding carboxylic acids is 1. The van der Waals surface area contributed by atoms with Crippen LogP contribution >= 0.6 is 0 Å². The smallest absolute Gasteiger partial charge is 0.179 e. The summed E-state index contributed by atoms with van der Waals surface area (Å²) in [5.74, 6) is -1.13. The van der Waals surface area contributed by atoms with E-state index < -0.39 is 11.6 Å². The lowest BCUT2D eigenvalue weighted by molar-refractivity contribution is 0.0939. The molecule has 0 spiro atoms. The van der Waals surface area contributed by atoms with Gasteiger partial charge in [0.25, 0.3) is 0 Å². The molecular formula is C13H15F2NO. The van der Waals surface area contributed by atoms with E-state index >= 15 is 0 Å². The van der Waals surface area contributed by atoms with Gasteiger partial charge in [-0.05, 0) is 31.0 Å². The Morgan fingerprint density at radius 3 is 2.82 bits per heavy atom. The number of rotatable bonds is 3. The topological polar surface area (TPSA) is 20.3 Å². The molecule has 1 heterocycles. The quantitative estimate of drug-likeness (QED) is 0.755. The highest BCUT2D eigenvalue weighted by atomic mass is 19.1. The van der Waals surface area contributed by atoms with Crippen LogP contribution < -0.4 is 0 Å². The Labute approximate surface area is 99.2 Å². The molecule has 17 heavy (non-hydrogen) atoms. The number of ketones is 1. The van der Waals surface area contributed by atoms with Crippen LogP contribution in [0.25, 0.3) is 0 Å². The number of carbonyl (C=O) groups is 1. The molecule has 4 heteroatoms. The summed E-state index contributed by atoms with van der Waals surface area (Å²) >= 11 is 0. The molecule has 0 N–H and O–H groups in total. The van der Waals surface area contributed by atoms with Gasteiger partial charge in [-0.3, -0.25) is 9.69 Å². The summed E-state index contributed by atoms with van der Waals surface area (Å²) in [6, 6.07) is 3.08. The Hall–Kier alpha value is -1.29. The minimum atomic E-state index is -0.776. The summed E-state index contributed by atoms with van der Waals surface area (Å²) in [6.45, 7) is 4.08. The average Bonchev–Trinajstić information content (AvgIpc) is 2.63. The first-order valence-corrected chi connectivity index (χ1v) is 5.77. The number of likely N-dealkylation sites (tertiary alicyclic amines) is 1. The molecule has 0 amide bonds. The Kier molecular flexibility index (Phi) is 3.52. The Morgan fingerprint density at radius 1 is 1.47 bits per heavy atom. The monoisotopic (exact) mass is 239 g/mol. The minimum Gasteiger partial charge on any atom is -0.296 e. The summed E-state index contributed by atoms with van der Waals surface area (Å²) in [5.41, 5.74) is -0.0223. The molecule has 0 bridgehead atoms. The molecule has 2 nitrogen and oxygen atoms in total. The number of Topliss-reactive ketones (excluding diaryl/α,β-unsaturated/α-hetero) is 1. The fourth-order valence-electron chi connectivity index (χ4n) is 2.17. The molecule has 0 aromatic heterocycles. The zero-order chi connectivity index (χ0) is 12.4. The fourth-order valence-corrected chi connectivity index (χ4v) is 2.17. The molecule has 1 atom stereocenters. The molecule has 1 aromatic rings. The van der Waals surface area contributed by atoms with Gasteiger partial charge in [0.05, 0.1) is 12.1 Å². The van der Waals surface area contributed by atoms with Crippen LogP contribution in [-0.4, -0.2) is 30.3 Å². The van der Waals surface area contributed by atoms with Crippen molar-refractivity contribution in [2.45, 2.75) is 13.3 Å². The largest absolute Gasteiger partial charge is 0.296 e. The number of hydrogen-bond acceptors (Lipinski definition) is 2. The standard InChI is InChI=1S/C13H15F2NO/c1-9-4-5-16(7-9)8-13(17)11-3-2-10(14)6-12(11)15/h2-3,6,9H,4-5,7-8H2,1H3. The normalized spacial score (nSPS) is 20.8. The van der Waals surface area contributed by atoms with Crippen molar-refractivity contribution in [3.63, 3.8) is 0 Å². The van der Waals surface area contributed by atoms with Crippen LogP contribution in [0.5, 0.6) is 0 Å². The van der Waals surface area contributed by atoms with Gasteiger partial charge in [-0.2, -0.15) is 0 Å². The van der Waals surface area contributed by atoms with Crippen molar-refractivity contribution in [3.05, 3.63) is 35.4 Å². The first-order chi connectivity index (χ1) is 8.06. The number of nitrogens with zero attached hydrogens (tertiary/aromatic N) is 1. The third kappa shape index (κ3) is 2.88. The van der Waals surface area contributed by atoms with Gasteiger partial charge < -0.3 is 0 Å². The summed E-state index contributed by atoms with van der Waals surface area (Å²) < 4.78 is 26.1. The second kappa shape index (κ2) is 4.92. The van der Waals surface area contributed by atoms with Crippen LogP contribution in [0.3, 0.4) is 0 Å². The average molecular weight is 239 g/mol. The van der Waals surface area contributed by atoms with Gasteiger partial charge in [-0.25, -0.2) is 8.78 Å². The van der Waals surface area contributed by atoms with Crippen molar-refractivity contribution in [2.24, 2.45) is 5.92 Å². The maximum Gasteiger partial charge on any atom is 0.179 e. The van der Waals surface area contributed by atoms with Crippen LogP contribution in [0.1, 0.15) is 23.7 Å². The molecule has 1 aliphatic rings. The van der Waals surface area contributed by atoms with Gasteiger partial charge in [-0.1, -0.05) is 6.92 Å². The van der Waals surface area contributed by atoms with Gasteiger partial charge in [-0.15, -0.1) is 0 Å². The summed E-state index contributed by atoms with van der Waals surface area (Å²) in [4.78, 5) is 13.8. The lowest BCUT2D eigenvalue weighted by Gasteiger charge is -2.14. The van der Waals surface area contributed by atoms with E-state index in [9.17, 15) is 13.6 Å². The maximum atomic E-state index is 13.4. The molecule has 1 aliphatic heterocycles. The zero-order valence-corrected chi connectivity index (χ0v) is 9.75. The molecule has 1 aromatic carbocycles. The molecule has 92 valence electrons. The Bertz CT molecular complexity index is 433. The highest BCUT2D eigenvalue weighted by molar-refractivity contribution is 5.97. The van der Waals surface area contributed by atoms with Crippen LogP contribution in [-0.2, 0) is 0 Å². The first-order valence-electron chi connectivity index (χ1n) is 5.77. The molecule has 1 saturated heterocycles. The lowest BCUT2D eigenvalue weighted by atomic mass is 10.1. The SMILES string of the molecule is CC1CCN(CC(=O)c2ccc(F)cc2F)C1. The van der Waals surface area contributed by atoms with E-state index in [1.54, 1.807) is 0 Å². The Balaban J connectivity index is 2.04. The predicted octanol–water partition coefficient (Wildman–Crippen LogP) is 2.49. The van der Waals surface area contributed by atoms with Crippen LogP contribution in [0.4, 0.5) is 8.78 Å². The van der Waals surface area contributed by atoms with Crippen LogP contribution in [0.15, 0.2) is 18.2 Å². The highest BCUT2D eigenvalue weighted by Gasteiger charge is 2.22. The zero-order valence-electron chi connectivity index (χ0n) is 9.75. The highest BCUT2D eigenvalue weighted by Crippen LogP contribution is 2.16. The van der Waals surface area contributed by atoms with Gasteiger partial charge in [0.1, 0.15) is 11.6 Å². The van der Waals surface area contributed by atoms with E-state index in [2.05, 4.69) is 6.92 Å². The lowest BCUT2D eigenvalue weighted by Crippen LogP contribution is -2.28. The second-order valence-electron chi connectivity index (χ2n) is 4.68. The summed E-state index contributed by atoms with van der Waals surface area (Å²) in [5, 5.41) is 0. The third-order valence-electron chi connectivity index (χ3n) is 3.11. The van der Waals surface area contributed by atoms with E-state index in [0.29, 0.717) is 5.92 Å². The second-order valence-corrected chi connectivity index (χ2v) is 4.68. The molecule has 1 unspecified atom stereocenters. The maximum absolute atomic E-state index is 13.4. The Morgan fingerprint density at radius 2 is 2.24 bits per heavy atom. The van der Waals surface area contributed by atoms with E-state index in [4.69, 9.17) is 0 Å². The molecule has 2 rings (SSSR count). The van der Waals surface area contributed by atoms with Crippen molar-refractivity contribution in [2.75, 3.05) is 19.6 Å². The van der Waals surface area contributed by atoms with Crippen molar-refractivity contribution in [3.8, 4) is 0 Å². The van der Waals surface area contributed by atoms with E-state index in [-0.39, 0.29) is 17.9 Å². The van der Waals surface area contributed by atoms with Gasteiger partial charge in [0, 0.05) is 12.6 Å². The van der Waals surface area contributed by atoms with Gasteiger partial charge in [0.2, 0.25) is 0 Å². The first kappa shape index (κ1) is 12.2. The van der Waals surface area contributed by atoms with Crippen molar-refractivity contribution < 1.29 is 13.6 Å². The van der Waals surface area contributed by atoms with Gasteiger partial charge in [0.15, 0.2) is 5.78 Å². The van der Waals surface area contributed by atoms with Gasteiger partial charge >= 0.3 is 0 Å². The van der Waals surface area contributed by atoms with E-state index in [1.807, 2.05) is 4.90 Å². The number of hydrogen-bond donors (Lipinski definition) is 0. The van der Waals surface area contributed by atoms with E-state index in [0.717, 1.165) is 31.6 Å². The van der Waals surface area contributed by atoms with E-state index in [1.165, 1.54) is 6.07 Å².